The highest BCUT2D eigenvalue weighted by molar-refractivity contribution is 6.30. The number of β-amino-alcohol motifs (C(OH)–C–C–N with tert-alkyl or cyclic N) is 1. The van der Waals surface area contributed by atoms with Crippen LogP contribution in [0.1, 0.15) is 39.0 Å². The Hall–Kier alpha value is -2.28. The number of nitrogens with zero attached hydrogens (tertiary/aromatic N) is 1. The lowest BCUT2D eigenvalue weighted by molar-refractivity contribution is -0.119. The molecule has 0 radical (unpaired) electrons. The van der Waals surface area contributed by atoms with E-state index in [4.69, 9.17) is 21.1 Å². The normalized spacial score (nSPS) is 21.0. The lowest BCUT2D eigenvalue weighted by atomic mass is 10.1. The van der Waals surface area contributed by atoms with E-state index in [0.29, 0.717) is 23.0 Å². The molecule has 0 aromatic heterocycles. The molecule has 2 aromatic rings. The summed E-state index contributed by atoms with van der Waals surface area (Å²) in [4.78, 5) is 14.7. The zero-order chi connectivity index (χ0) is 23.3. The quantitative estimate of drug-likeness (QED) is 0.551. The van der Waals surface area contributed by atoms with Gasteiger partial charge >= 0.3 is 0 Å². The lowest BCUT2D eigenvalue weighted by Crippen LogP contribution is -2.44. The van der Waals surface area contributed by atoms with Gasteiger partial charge in [-0.2, -0.15) is 0 Å². The van der Waals surface area contributed by atoms with E-state index < -0.39 is 5.60 Å². The number of carbonyl (C=O) groups excluding carboxylic acids is 1. The molecule has 1 saturated carbocycles. The first-order valence-corrected chi connectivity index (χ1v) is 12.2. The predicted molar refractivity (Wildman–Crippen MR) is 130 cm³/mol. The molecule has 2 N–H and O–H groups in total. The van der Waals surface area contributed by atoms with Crippen molar-refractivity contribution in [1.82, 2.24) is 4.90 Å². The van der Waals surface area contributed by atoms with Crippen LogP contribution >= 0.6 is 11.6 Å². The molecule has 4 rings (SSSR count). The van der Waals surface area contributed by atoms with Crippen molar-refractivity contribution in [3.8, 4) is 11.5 Å². The maximum absolute atomic E-state index is 12.5. The fourth-order valence-electron chi connectivity index (χ4n) is 4.62. The van der Waals surface area contributed by atoms with Gasteiger partial charge in [0.05, 0.1) is 5.69 Å². The number of likely N-dealkylation sites (tertiary alicyclic amines) is 1. The molecule has 2 aliphatic rings. The fourth-order valence-corrected chi connectivity index (χ4v) is 4.75. The second-order valence-electron chi connectivity index (χ2n) is 9.47. The second-order valence-corrected chi connectivity index (χ2v) is 9.91. The summed E-state index contributed by atoms with van der Waals surface area (Å²) in [6, 6.07) is 14.8. The van der Waals surface area contributed by atoms with Gasteiger partial charge in [0.1, 0.15) is 29.8 Å². The predicted octanol–water partition coefficient (Wildman–Crippen LogP) is 4.75. The summed E-state index contributed by atoms with van der Waals surface area (Å²) < 4.78 is 12.0. The van der Waals surface area contributed by atoms with Gasteiger partial charge in [-0.05, 0) is 62.6 Å². The van der Waals surface area contributed by atoms with Crippen LogP contribution in [0.2, 0.25) is 5.02 Å². The minimum atomic E-state index is -1.04. The van der Waals surface area contributed by atoms with Gasteiger partial charge in [-0.3, -0.25) is 9.69 Å². The summed E-state index contributed by atoms with van der Waals surface area (Å²) in [5.74, 6) is 1.52. The van der Waals surface area contributed by atoms with Crippen molar-refractivity contribution in [2.75, 3.05) is 31.6 Å². The highest BCUT2D eigenvalue weighted by Gasteiger charge is 2.31. The van der Waals surface area contributed by atoms with Gasteiger partial charge in [-0.1, -0.05) is 36.6 Å². The molecule has 1 heterocycles. The molecule has 0 bridgehead atoms. The standard InChI is InChI=1S/C26H33ClN2O4/c1-26(31,17-29-15-14-22(16-29)33-21-12-10-20(27)11-13-21)18-32-24-9-5-4-8-23(24)28-25(30)19-6-2-3-7-19/h4-5,8-13,19,22,31H,2-3,6-7,14-18H2,1H3,(H,28,30). The Bertz CT molecular complexity index is 928. The molecule has 1 aliphatic heterocycles. The Balaban J connectivity index is 1.27. The molecular formula is C26H33ClN2O4. The molecule has 2 aromatic carbocycles. The molecule has 1 aliphatic carbocycles. The number of hydrogen-bond acceptors (Lipinski definition) is 5. The zero-order valence-corrected chi connectivity index (χ0v) is 19.9. The number of nitrogens with one attached hydrogen (secondary N) is 1. The van der Waals surface area contributed by atoms with Crippen molar-refractivity contribution in [3.05, 3.63) is 53.6 Å². The molecule has 33 heavy (non-hydrogen) atoms. The third kappa shape index (κ3) is 6.85. The van der Waals surface area contributed by atoms with Crippen LogP contribution in [0.5, 0.6) is 11.5 Å². The minimum Gasteiger partial charge on any atom is -0.489 e. The zero-order valence-electron chi connectivity index (χ0n) is 19.1. The number of ether oxygens (including phenoxy) is 2. The van der Waals surface area contributed by atoms with Crippen molar-refractivity contribution >= 4 is 23.2 Å². The van der Waals surface area contributed by atoms with Gasteiger partial charge in [0.2, 0.25) is 5.91 Å². The first kappa shape index (κ1) is 23.9. The van der Waals surface area contributed by atoms with Crippen molar-refractivity contribution < 1.29 is 19.4 Å². The van der Waals surface area contributed by atoms with E-state index in [0.717, 1.165) is 50.9 Å². The van der Waals surface area contributed by atoms with Crippen LogP contribution in [0, 0.1) is 5.92 Å². The maximum atomic E-state index is 12.5. The molecule has 1 amide bonds. The number of halogens is 1. The summed E-state index contributed by atoms with van der Waals surface area (Å²) in [6.07, 6.45) is 5.09. The largest absolute Gasteiger partial charge is 0.489 e. The Morgan fingerprint density at radius 3 is 2.64 bits per heavy atom. The fraction of sp³-hybridized carbons (Fsp3) is 0.500. The van der Waals surface area contributed by atoms with E-state index in [1.54, 1.807) is 6.92 Å². The van der Waals surface area contributed by atoms with Gasteiger partial charge in [-0.15, -0.1) is 0 Å². The van der Waals surface area contributed by atoms with Crippen LogP contribution in [0.3, 0.4) is 0 Å². The number of aliphatic hydroxyl groups is 1. The number of amides is 1. The average Bonchev–Trinajstić information content (AvgIpc) is 3.47. The molecule has 2 unspecified atom stereocenters. The van der Waals surface area contributed by atoms with Gasteiger partial charge in [0.25, 0.3) is 0 Å². The van der Waals surface area contributed by atoms with Gasteiger partial charge < -0.3 is 19.9 Å². The van der Waals surface area contributed by atoms with Crippen LogP contribution in [-0.2, 0) is 4.79 Å². The number of rotatable bonds is 9. The van der Waals surface area contributed by atoms with E-state index in [2.05, 4.69) is 10.2 Å². The maximum Gasteiger partial charge on any atom is 0.227 e. The molecule has 2 fully saturated rings. The number of carbonyl (C=O) groups is 1. The summed E-state index contributed by atoms with van der Waals surface area (Å²) >= 11 is 5.94. The lowest BCUT2D eigenvalue weighted by Gasteiger charge is -2.29. The van der Waals surface area contributed by atoms with Crippen LogP contribution in [0.25, 0.3) is 0 Å². The average molecular weight is 473 g/mol. The van der Waals surface area contributed by atoms with Gasteiger partial charge in [-0.25, -0.2) is 0 Å². The smallest absolute Gasteiger partial charge is 0.227 e. The molecule has 0 spiro atoms. The van der Waals surface area contributed by atoms with E-state index in [1.165, 1.54) is 0 Å². The van der Waals surface area contributed by atoms with E-state index >= 15 is 0 Å². The number of hydrogen-bond donors (Lipinski definition) is 2. The molecule has 178 valence electrons. The third-order valence-corrected chi connectivity index (χ3v) is 6.57. The molecule has 7 heteroatoms. The number of anilines is 1. The summed E-state index contributed by atoms with van der Waals surface area (Å²) in [6.45, 7) is 3.97. The van der Waals surface area contributed by atoms with E-state index in [1.807, 2.05) is 48.5 Å². The van der Waals surface area contributed by atoms with Crippen molar-refractivity contribution in [3.63, 3.8) is 0 Å². The van der Waals surface area contributed by atoms with E-state index in [-0.39, 0.29) is 24.5 Å². The van der Waals surface area contributed by atoms with Crippen LogP contribution in [-0.4, -0.2) is 53.9 Å². The molecule has 2 atom stereocenters. The Kier molecular flexibility index (Phi) is 7.78. The number of para-hydroxylation sites is 2. The summed E-state index contributed by atoms with van der Waals surface area (Å²) in [5.41, 5.74) is -0.389. The molecule has 6 nitrogen and oxygen atoms in total. The Morgan fingerprint density at radius 2 is 1.88 bits per heavy atom. The molecule has 1 saturated heterocycles. The van der Waals surface area contributed by atoms with Crippen molar-refractivity contribution in [1.29, 1.82) is 0 Å². The van der Waals surface area contributed by atoms with Crippen LogP contribution in [0.15, 0.2) is 48.5 Å². The highest BCUT2D eigenvalue weighted by Crippen LogP contribution is 2.30. The van der Waals surface area contributed by atoms with E-state index in [9.17, 15) is 9.90 Å². The van der Waals surface area contributed by atoms with Gasteiger partial charge in [0, 0.05) is 30.6 Å². The topological polar surface area (TPSA) is 71.0 Å². The van der Waals surface area contributed by atoms with Crippen molar-refractivity contribution in [2.45, 2.75) is 50.7 Å². The SMILES string of the molecule is CC(O)(COc1ccccc1NC(=O)C1CCCC1)CN1CCC(Oc2ccc(Cl)cc2)C1. The monoisotopic (exact) mass is 472 g/mol. The Morgan fingerprint density at radius 1 is 1.15 bits per heavy atom. The minimum absolute atomic E-state index is 0.0547. The van der Waals surface area contributed by atoms with Crippen LogP contribution < -0.4 is 14.8 Å². The Labute approximate surface area is 200 Å². The van der Waals surface area contributed by atoms with Gasteiger partial charge in [0.15, 0.2) is 0 Å². The first-order chi connectivity index (χ1) is 15.9. The summed E-state index contributed by atoms with van der Waals surface area (Å²) in [5, 5.41) is 14.7. The van der Waals surface area contributed by atoms with Crippen molar-refractivity contribution in [2.24, 2.45) is 5.92 Å². The van der Waals surface area contributed by atoms with Crippen LogP contribution in [0.4, 0.5) is 5.69 Å². The summed E-state index contributed by atoms with van der Waals surface area (Å²) in [7, 11) is 0. The highest BCUT2D eigenvalue weighted by atomic mass is 35.5. The second kappa shape index (κ2) is 10.8. The first-order valence-electron chi connectivity index (χ1n) is 11.8. The molecular weight excluding hydrogens is 440 g/mol. The number of benzene rings is 2. The third-order valence-electron chi connectivity index (χ3n) is 6.32.